The van der Waals surface area contributed by atoms with Crippen LogP contribution in [-0.4, -0.2) is 70.2 Å². The standard InChI is InChI=1S/C23H30N4O4/c1-23(2,3)27(22(29)30)16-21(28)26-13-11-25(12-14-26)20-10-9-19(15-24-20)31-17-18-7-5-4-6-8-18/h4-10,15H,11-14,16-17H2,1-3H3,(H,29,30). The number of hydrogen-bond donors (Lipinski definition) is 1. The van der Waals surface area contributed by atoms with Gasteiger partial charge in [0.2, 0.25) is 5.91 Å². The molecule has 0 bridgehead atoms. The van der Waals surface area contributed by atoms with Crippen LogP contribution in [0.4, 0.5) is 10.6 Å². The number of carboxylic acid groups (broad SMARTS) is 1. The molecule has 8 nitrogen and oxygen atoms in total. The molecule has 2 amide bonds. The summed E-state index contributed by atoms with van der Waals surface area (Å²) in [6.45, 7) is 8.06. The molecule has 3 rings (SSSR count). The number of nitrogens with zero attached hydrogens (tertiary/aromatic N) is 4. The Kier molecular flexibility index (Phi) is 6.99. The van der Waals surface area contributed by atoms with Gasteiger partial charge in [-0.25, -0.2) is 9.78 Å². The van der Waals surface area contributed by atoms with E-state index in [0.717, 1.165) is 11.4 Å². The second kappa shape index (κ2) is 9.68. The summed E-state index contributed by atoms with van der Waals surface area (Å²) in [6, 6.07) is 13.8. The normalized spacial score (nSPS) is 14.3. The number of carbonyl (C=O) groups excluding carboxylic acids is 1. The highest BCUT2D eigenvalue weighted by Gasteiger charge is 2.31. The molecule has 1 aromatic heterocycles. The number of aromatic nitrogens is 1. The fourth-order valence-electron chi connectivity index (χ4n) is 3.40. The van der Waals surface area contributed by atoms with Crippen molar-refractivity contribution in [3.05, 3.63) is 54.2 Å². The zero-order valence-electron chi connectivity index (χ0n) is 18.3. The minimum Gasteiger partial charge on any atom is -0.487 e. The van der Waals surface area contributed by atoms with Gasteiger partial charge in [-0.15, -0.1) is 0 Å². The first-order valence-corrected chi connectivity index (χ1v) is 10.4. The summed E-state index contributed by atoms with van der Waals surface area (Å²) >= 11 is 0. The zero-order valence-corrected chi connectivity index (χ0v) is 18.3. The van der Waals surface area contributed by atoms with Crippen molar-refractivity contribution in [1.82, 2.24) is 14.8 Å². The third kappa shape index (κ3) is 6.10. The highest BCUT2D eigenvalue weighted by molar-refractivity contribution is 5.82. The molecule has 0 saturated carbocycles. The molecule has 0 aliphatic carbocycles. The second-order valence-corrected chi connectivity index (χ2v) is 8.53. The van der Waals surface area contributed by atoms with Crippen molar-refractivity contribution in [1.29, 1.82) is 0 Å². The van der Waals surface area contributed by atoms with Crippen LogP contribution in [0.15, 0.2) is 48.7 Å². The van der Waals surface area contributed by atoms with E-state index in [9.17, 15) is 14.7 Å². The van der Waals surface area contributed by atoms with Crippen LogP contribution in [0.1, 0.15) is 26.3 Å². The third-order valence-corrected chi connectivity index (χ3v) is 5.26. The van der Waals surface area contributed by atoms with E-state index in [4.69, 9.17) is 4.74 Å². The van der Waals surface area contributed by atoms with Gasteiger partial charge in [0.25, 0.3) is 0 Å². The van der Waals surface area contributed by atoms with Crippen LogP contribution in [0.3, 0.4) is 0 Å². The molecule has 1 aromatic carbocycles. The van der Waals surface area contributed by atoms with Crippen LogP contribution in [-0.2, 0) is 11.4 Å². The molecule has 1 fully saturated rings. The number of amides is 2. The van der Waals surface area contributed by atoms with E-state index in [0.29, 0.717) is 38.5 Å². The van der Waals surface area contributed by atoms with Crippen LogP contribution in [0.25, 0.3) is 0 Å². The average molecular weight is 427 g/mol. The molecule has 2 aromatic rings. The molecule has 0 atom stereocenters. The van der Waals surface area contributed by atoms with Crippen molar-refractivity contribution >= 4 is 17.8 Å². The fourth-order valence-corrected chi connectivity index (χ4v) is 3.40. The summed E-state index contributed by atoms with van der Waals surface area (Å²) in [5.74, 6) is 1.37. The van der Waals surface area contributed by atoms with Gasteiger partial charge in [0.1, 0.15) is 24.7 Å². The maximum atomic E-state index is 12.6. The summed E-state index contributed by atoms with van der Waals surface area (Å²) in [5.41, 5.74) is 0.470. The topological polar surface area (TPSA) is 86.2 Å². The number of hydrogen-bond acceptors (Lipinski definition) is 5. The monoisotopic (exact) mass is 426 g/mol. The van der Waals surface area contributed by atoms with E-state index < -0.39 is 11.6 Å². The first-order chi connectivity index (χ1) is 14.7. The van der Waals surface area contributed by atoms with E-state index in [1.165, 1.54) is 4.90 Å². The lowest BCUT2D eigenvalue weighted by Crippen LogP contribution is -2.54. The Morgan fingerprint density at radius 3 is 2.29 bits per heavy atom. The van der Waals surface area contributed by atoms with Gasteiger partial charge in [0.15, 0.2) is 0 Å². The predicted molar refractivity (Wildman–Crippen MR) is 118 cm³/mol. The minimum absolute atomic E-state index is 0.134. The van der Waals surface area contributed by atoms with Gasteiger partial charge < -0.3 is 19.6 Å². The van der Waals surface area contributed by atoms with Crippen molar-refractivity contribution < 1.29 is 19.4 Å². The van der Waals surface area contributed by atoms with E-state index in [2.05, 4.69) is 9.88 Å². The highest BCUT2D eigenvalue weighted by atomic mass is 16.5. The van der Waals surface area contributed by atoms with Crippen LogP contribution in [0.2, 0.25) is 0 Å². The van der Waals surface area contributed by atoms with Gasteiger partial charge in [0, 0.05) is 31.7 Å². The number of ether oxygens (including phenoxy) is 1. The second-order valence-electron chi connectivity index (χ2n) is 8.53. The molecular weight excluding hydrogens is 396 g/mol. The summed E-state index contributed by atoms with van der Waals surface area (Å²) in [5, 5.41) is 9.40. The molecule has 8 heteroatoms. The first kappa shape index (κ1) is 22.4. The molecule has 1 aliphatic rings. The lowest BCUT2D eigenvalue weighted by atomic mass is 10.1. The van der Waals surface area contributed by atoms with Gasteiger partial charge in [0.05, 0.1) is 6.20 Å². The third-order valence-electron chi connectivity index (χ3n) is 5.26. The van der Waals surface area contributed by atoms with E-state index >= 15 is 0 Å². The number of rotatable bonds is 6. The largest absolute Gasteiger partial charge is 0.487 e. The molecular formula is C23H30N4O4. The summed E-state index contributed by atoms with van der Waals surface area (Å²) in [4.78, 5) is 33.6. The lowest BCUT2D eigenvalue weighted by Gasteiger charge is -2.38. The van der Waals surface area contributed by atoms with Crippen LogP contribution < -0.4 is 9.64 Å². The van der Waals surface area contributed by atoms with Gasteiger partial charge in [-0.3, -0.25) is 9.69 Å². The zero-order chi connectivity index (χ0) is 22.4. The Morgan fingerprint density at radius 1 is 1.06 bits per heavy atom. The van der Waals surface area contributed by atoms with Crippen LogP contribution >= 0.6 is 0 Å². The minimum atomic E-state index is -1.08. The molecule has 166 valence electrons. The van der Waals surface area contributed by atoms with Crippen molar-refractivity contribution in [2.45, 2.75) is 32.9 Å². The Balaban J connectivity index is 1.50. The Morgan fingerprint density at radius 2 is 1.74 bits per heavy atom. The number of piperazine rings is 1. The number of anilines is 1. The maximum Gasteiger partial charge on any atom is 0.408 e. The van der Waals surface area contributed by atoms with Crippen LogP contribution in [0, 0.1) is 0 Å². The van der Waals surface area contributed by atoms with Crippen molar-refractivity contribution in [2.24, 2.45) is 0 Å². The van der Waals surface area contributed by atoms with Crippen molar-refractivity contribution in [3.63, 3.8) is 0 Å². The lowest BCUT2D eigenvalue weighted by molar-refractivity contribution is -0.133. The van der Waals surface area contributed by atoms with E-state index in [1.54, 1.807) is 31.9 Å². The maximum absolute atomic E-state index is 12.6. The number of carbonyl (C=O) groups is 2. The van der Waals surface area contributed by atoms with Crippen molar-refractivity contribution in [3.8, 4) is 5.75 Å². The highest BCUT2D eigenvalue weighted by Crippen LogP contribution is 2.19. The van der Waals surface area contributed by atoms with Gasteiger partial charge in [-0.1, -0.05) is 30.3 Å². The molecule has 0 spiro atoms. The Labute approximate surface area is 183 Å². The van der Waals surface area contributed by atoms with Crippen LogP contribution in [0.5, 0.6) is 5.75 Å². The smallest absolute Gasteiger partial charge is 0.408 e. The van der Waals surface area contributed by atoms with Gasteiger partial charge in [-0.2, -0.15) is 0 Å². The number of pyridine rings is 1. The average Bonchev–Trinajstić information content (AvgIpc) is 2.76. The van der Waals surface area contributed by atoms with E-state index in [1.807, 2.05) is 42.5 Å². The molecule has 0 radical (unpaired) electrons. The summed E-state index contributed by atoms with van der Waals surface area (Å²) < 4.78 is 5.78. The quantitative estimate of drug-likeness (QED) is 0.764. The summed E-state index contributed by atoms with van der Waals surface area (Å²) in [7, 11) is 0. The summed E-state index contributed by atoms with van der Waals surface area (Å²) in [6.07, 6.45) is 0.627. The van der Waals surface area contributed by atoms with Gasteiger partial charge >= 0.3 is 6.09 Å². The fraction of sp³-hybridized carbons (Fsp3) is 0.435. The first-order valence-electron chi connectivity index (χ1n) is 10.4. The Hall–Kier alpha value is -3.29. The van der Waals surface area contributed by atoms with E-state index in [-0.39, 0.29) is 12.5 Å². The predicted octanol–water partition coefficient (Wildman–Crippen LogP) is 3.09. The van der Waals surface area contributed by atoms with Gasteiger partial charge in [-0.05, 0) is 38.5 Å². The number of benzene rings is 1. The Bertz CT molecular complexity index is 873. The molecule has 0 unspecified atom stereocenters. The molecule has 1 saturated heterocycles. The SMILES string of the molecule is CC(C)(C)N(CC(=O)N1CCN(c2ccc(OCc3ccccc3)cn2)CC1)C(=O)O. The molecule has 1 aliphatic heterocycles. The molecule has 1 N–H and O–H groups in total. The van der Waals surface area contributed by atoms with Crippen molar-refractivity contribution in [2.75, 3.05) is 37.6 Å². The molecule has 31 heavy (non-hydrogen) atoms. The molecule has 2 heterocycles.